The van der Waals surface area contributed by atoms with Crippen LogP contribution in [-0.2, 0) is 6.54 Å². The normalized spacial score (nSPS) is 22.5. The van der Waals surface area contributed by atoms with Crippen LogP contribution in [0.4, 0.5) is 0 Å². The highest BCUT2D eigenvalue weighted by Gasteiger charge is 2.30. The fourth-order valence-electron chi connectivity index (χ4n) is 3.16. The van der Waals surface area contributed by atoms with E-state index in [2.05, 4.69) is 45.5 Å². The Morgan fingerprint density at radius 2 is 1.87 bits per heavy atom. The minimum atomic E-state index is -0.0284. The molecule has 2 atom stereocenters. The molecule has 4 nitrogen and oxygen atoms in total. The first-order chi connectivity index (χ1) is 11.3. The zero-order chi connectivity index (χ0) is 15.6. The SMILES string of the molecule is ClC1CN(Cc2ccccc2)C(c2nc3ccccc3[nH]2)CN1. The maximum atomic E-state index is 6.33. The average molecular weight is 327 g/mol. The van der Waals surface area contributed by atoms with Gasteiger partial charge in [-0.1, -0.05) is 42.5 Å². The average Bonchev–Trinajstić information content (AvgIpc) is 2.99. The number of imidazole rings is 1. The maximum absolute atomic E-state index is 6.33. The van der Waals surface area contributed by atoms with Gasteiger partial charge in [0.1, 0.15) is 5.82 Å². The van der Waals surface area contributed by atoms with Crippen molar-refractivity contribution >= 4 is 22.6 Å². The molecule has 3 aromatic rings. The number of para-hydroxylation sites is 2. The summed E-state index contributed by atoms with van der Waals surface area (Å²) in [7, 11) is 0. The van der Waals surface area contributed by atoms with Crippen molar-refractivity contribution in [2.75, 3.05) is 13.1 Å². The van der Waals surface area contributed by atoms with Gasteiger partial charge in [-0.05, 0) is 17.7 Å². The van der Waals surface area contributed by atoms with E-state index >= 15 is 0 Å². The van der Waals surface area contributed by atoms with Crippen LogP contribution in [0.1, 0.15) is 17.4 Å². The lowest BCUT2D eigenvalue weighted by Gasteiger charge is -2.37. The van der Waals surface area contributed by atoms with Gasteiger partial charge in [0.25, 0.3) is 0 Å². The number of benzene rings is 2. The zero-order valence-corrected chi connectivity index (χ0v) is 13.5. The number of hydrogen-bond acceptors (Lipinski definition) is 3. The van der Waals surface area contributed by atoms with Gasteiger partial charge in [-0.3, -0.25) is 10.2 Å². The Labute approximate surface area is 140 Å². The molecule has 1 saturated heterocycles. The van der Waals surface area contributed by atoms with Crippen LogP contribution < -0.4 is 5.32 Å². The van der Waals surface area contributed by atoms with Crippen LogP contribution in [0.3, 0.4) is 0 Å². The van der Waals surface area contributed by atoms with E-state index in [1.54, 1.807) is 0 Å². The molecular formula is C18H19ClN4. The molecule has 2 heterocycles. The highest BCUT2D eigenvalue weighted by atomic mass is 35.5. The highest BCUT2D eigenvalue weighted by molar-refractivity contribution is 6.20. The Hall–Kier alpha value is -1.88. The van der Waals surface area contributed by atoms with Crippen molar-refractivity contribution in [3.63, 3.8) is 0 Å². The zero-order valence-electron chi connectivity index (χ0n) is 12.7. The number of alkyl halides is 1. The summed E-state index contributed by atoms with van der Waals surface area (Å²) in [6.45, 7) is 2.45. The summed E-state index contributed by atoms with van der Waals surface area (Å²) in [4.78, 5) is 10.6. The van der Waals surface area contributed by atoms with Crippen LogP contribution in [-0.4, -0.2) is 33.5 Å². The Morgan fingerprint density at radius 3 is 2.70 bits per heavy atom. The predicted molar refractivity (Wildman–Crippen MR) is 93.3 cm³/mol. The van der Waals surface area contributed by atoms with Crippen LogP contribution in [0, 0.1) is 0 Å². The van der Waals surface area contributed by atoms with E-state index < -0.39 is 0 Å². The Morgan fingerprint density at radius 1 is 1.09 bits per heavy atom. The summed E-state index contributed by atoms with van der Waals surface area (Å²) in [5, 5.41) is 3.35. The third kappa shape index (κ3) is 3.11. The lowest BCUT2D eigenvalue weighted by molar-refractivity contribution is 0.138. The smallest absolute Gasteiger partial charge is 0.126 e. The number of piperazine rings is 1. The van der Waals surface area contributed by atoms with E-state index in [1.807, 2.05) is 24.3 Å². The van der Waals surface area contributed by atoms with Gasteiger partial charge >= 0.3 is 0 Å². The van der Waals surface area contributed by atoms with Crippen molar-refractivity contribution in [1.29, 1.82) is 0 Å². The molecule has 2 aromatic carbocycles. The van der Waals surface area contributed by atoms with Crippen molar-refractivity contribution < 1.29 is 0 Å². The molecule has 2 unspecified atom stereocenters. The second-order valence-corrected chi connectivity index (χ2v) is 6.47. The van der Waals surface area contributed by atoms with E-state index in [-0.39, 0.29) is 11.5 Å². The Kier molecular flexibility index (Phi) is 4.04. The van der Waals surface area contributed by atoms with Crippen LogP contribution in [0.25, 0.3) is 11.0 Å². The quantitative estimate of drug-likeness (QED) is 0.573. The standard InChI is InChI=1S/C18H19ClN4/c19-17-12-23(11-13-6-2-1-3-7-13)16(10-20-17)18-21-14-8-4-5-9-15(14)22-18/h1-9,16-17,20H,10-12H2,(H,21,22). The molecule has 1 aliphatic heterocycles. The molecule has 1 fully saturated rings. The Balaban J connectivity index is 1.63. The summed E-state index contributed by atoms with van der Waals surface area (Å²) in [6.07, 6.45) is 0. The largest absolute Gasteiger partial charge is 0.341 e. The van der Waals surface area contributed by atoms with Gasteiger partial charge in [0.05, 0.1) is 22.6 Å². The van der Waals surface area contributed by atoms with E-state index in [9.17, 15) is 0 Å². The second-order valence-electron chi connectivity index (χ2n) is 5.95. The van der Waals surface area contributed by atoms with Gasteiger partial charge < -0.3 is 4.98 Å². The molecule has 23 heavy (non-hydrogen) atoms. The fourth-order valence-corrected chi connectivity index (χ4v) is 3.43. The maximum Gasteiger partial charge on any atom is 0.126 e. The monoisotopic (exact) mass is 326 g/mol. The summed E-state index contributed by atoms with van der Waals surface area (Å²) in [5.41, 5.74) is 3.35. The molecule has 1 aliphatic rings. The molecule has 4 rings (SSSR count). The highest BCUT2D eigenvalue weighted by Crippen LogP contribution is 2.26. The lowest BCUT2D eigenvalue weighted by Crippen LogP contribution is -2.49. The number of rotatable bonds is 3. The second kappa shape index (κ2) is 6.32. The third-order valence-corrected chi connectivity index (χ3v) is 4.61. The van der Waals surface area contributed by atoms with Crippen LogP contribution in [0.15, 0.2) is 54.6 Å². The first kappa shape index (κ1) is 14.7. The van der Waals surface area contributed by atoms with Crippen LogP contribution in [0.5, 0.6) is 0 Å². The molecule has 0 bridgehead atoms. The molecule has 0 saturated carbocycles. The van der Waals surface area contributed by atoms with Crippen molar-refractivity contribution in [2.45, 2.75) is 18.1 Å². The molecule has 2 N–H and O–H groups in total. The molecule has 0 spiro atoms. The van der Waals surface area contributed by atoms with Crippen molar-refractivity contribution in [3.05, 3.63) is 66.0 Å². The third-order valence-electron chi connectivity index (χ3n) is 4.32. The van der Waals surface area contributed by atoms with Crippen molar-refractivity contribution in [3.8, 4) is 0 Å². The van der Waals surface area contributed by atoms with Crippen LogP contribution in [0.2, 0.25) is 0 Å². The summed E-state index contributed by atoms with van der Waals surface area (Å²) in [5.74, 6) is 0.998. The number of hydrogen-bond donors (Lipinski definition) is 2. The first-order valence-electron chi connectivity index (χ1n) is 7.90. The number of aromatic nitrogens is 2. The van der Waals surface area contributed by atoms with Crippen LogP contribution >= 0.6 is 11.6 Å². The summed E-state index contributed by atoms with van der Waals surface area (Å²) < 4.78 is 0. The first-order valence-corrected chi connectivity index (χ1v) is 8.33. The number of halogens is 1. The Bertz CT molecular complexity index is 753. The van der Waals surface area contributed by atoms with Crippen molar-refractivity contribution in [1.82, 2.24) is 20.2 Å². The van der Waals surface area contributed by atoms with Gasteiger partial charge in [-0.25, -0.2) is 4.98 Å². The van der Waals surface area contributed by atoms with Gasteiger partial charge in [-0.15, -0.1) is 11.6 Å². The number of fused-ring (bicyclic) bond motifs is 1. The molecule has 0 amide bonds. The summed E-state index contributed by atoms with van der Waals surface area (Å²) in [6, 6.07) is 18.8. The van der Waals surface area contributed by atoms with E-state index in [0.29, 0.717) is 0 Å². The topological polar surface area (TPSA) is 44.0 Å². The summed E-state index contributed by atoms with van der Waals surface area (Å²) >= 11 is 6.33. The molecule has 0 radical (unpaired) electrons. The minimum Gasteiger partial charge on any atom is -0.341 e. The minimum absolute atomic E-state index is 0.0284. The van der Waals surface area contributed by atoms with Gasteiger partial charge in [0, 0.05) is 19.6 Å². The number of nitrogens with one attached hydrogen (secondary N) is 2. The molecule has 118 valence electrons. The predicted octanol–water partition coefficient (Wildman–Crippen LogP) is 3.27. The molecule has 5 heteroatoms. The molecular weight excluding hydrogens is 308 g/mol. The number of H-pyrrole nitrogens is 1. The molecule has 0 aliphatic carbocycles. The number of aromatic amines is 1. The molecule has 1 aromatic heterocycles. The van der Waals surface area contributed by atoms with Gasteiger partial charge in [0.15, 0.2) is 0 Å². The van der Waals surface area contributed by atoms with Gasteiger partial charge in [-0.2, -0.15) is 0 Å². The van der Waals surface area contributed by atoms with Gasteiger partial charge in [0.2, 0.25) is 0 Å². The van der Waals surface area contributed by atoms with E-state index in [0.717, 1.165) is 36.5 Å². The lowest BCUT2D eigenvalue weighted by atomic mass is 10.1. The fraction of sp³-hybridized carbons (Fsp3) is 0.278. The van der Waals surface area contributed by atoms with Crippen molar-refractivity contribution in [2.24, 2.45) is 0 Å². The van der Waals surface area contributed by atoms with E-state index in [1.165, 1.54) is 5.56 Å². The van der Waals surface area contributed by atoms with E-state index in [4.69, 9.17) is 16.6 Å². The number of nitrogens with zero attached hydrogens (tertiary/aromatic N) is 2.